The zero-order chi connectivity index (χ0) is 25.2. The molecule has 4 aromatic rings. The number of aromatic nitrogens is 2. The van der Waals surface area contributed by atoms with Gasteiger partial charge in [-0.2, -0.15) is 13.2 Å². The summed E-state index contributed by atoms with van der Waals surface area (Å²) in [4.78, 5) is 16.0. The van der Waals surface area contributed by atoms with Crippen molar-refractivity contribution in [1.82, 2.24) is 10.1 Å². The molecule has 2 aromatic heterocycles. The topological polar surface area (TPSA) is 74.5 Å². The first kappa shape index (κ1) is 24.5. The van der Waals surface area contributed by atoms with Gasteiger partial charge >= 0.3 is 12.1 Å². The van der Waals surface area contributed by atoms with Crippen molar-refractivity contribution in [3.8, 4) is 32.5 Å². The van der Waals surface area contributed by atoms with E-state index in [2.05, 4.69) is 10.1 Å². The lowest BCUT2D eigenvalue weighted by molar-refractivity contribution is -0.140. The summed E-state index contributed by atoms with van der Waals surface area (Å²) >= 11 is 6.70. The molecule has 0 radical (unpaired) electrons. The summed E-state index contributed by atoms with van der Waals surface area (Å²) in [7, 11) is 2.63. The minimum absolute atomic E-state index is 0.000805. The molecule has 6 nitrogen and oxygen atoms in total. The number of esters is 1. The van der Waals surface area contributed by atoms with Crippen LogP contribution in [0, 0.1) is 0 Å². The summed E-state index contributed by atoms with van der Waals surface area (Å²) in [6, 6.07) is 14.2. The Kier molecular flexibility index (Phi) is 6.95. The first-order chi connectivity index (χ1) is 16.7. The van der Waals surface area contributed by atoms with E-state index in [9.17, 15) is 18.0 Å². The number of halogens is 4. The van der Waals surface area contributed by atoms with Gasteiger partial charge in [-0.25, -0.2) is 9.78 Å². The molecule has 4 rings (SSSR count). The van der Waals surface area contributed by atoms with Crippen molar-refractivity contribution in [1.29, 1.82) is 0 Å². The lowest BCUT2D eigenvalue weighted by Gasteiger charge is -2.09. The SMILES string of the molecule is COC=C(C(=O)OC)c1ccccc1-c1cc(-c2nc(C(F)(F)F)c(-c3ccc(Cl)cc3)s2)on1. The lowest BCUT2D eigenvalue weighted by atomic mass is 9.98. The van der Waals surface area contributed by atoms with Crippen LogP contribution in [0.2, 0.25) is 5.02 Å². The van der Waals surface area contributed by atoms with Crippen LogP contribution in [0.25, 0.3) is 38.0 Å². The van der Waals surface area contributed by atoms with E-state index >= 15 is 0 Å². The van der Waals surface area contributed by atoms with Crippen molar-refractivity contribution in [2.75, 3.05) is 14.2 Å². The zero-order valence-corrected chi connectivity index (χ0v) is 19.8. The van der Waals surface area contributed by atoms with Gasteiger partial charge in [0.1, 0.15) is 11.3 Å². The van der Waals surface area contributed by atoms with Gasteiger partial charge in [0.25, 0.3) is 0 Å². The Morgan fingerprint density at radius 3 is 2.49 bits per heavy atom. The van der Waals surface area contributed by atoms with E-state index in [1.807, 2.05) is 0 Å². The van der Waals surface area contributed by atoms with E-state index in [0.717, 1.165) is 11.3 Å². The van der Waals surface area contributed by atoms with Gasteiger partial charge in [0, 0.05) is 22.2 Å². The van der Waals surface area contributed by atoms with E-state index in [1.54, 1.807) is 24.3 Å². The minimum atomic E-state index is -4.68. The lowest BCUT2D eigenvalue weighted by Crippen LogP contribution is -2.07. The molecule has 0 unspecified atom stereocenters. The molecular formula is C24H16ClF3N2O4S. The van der Waals surface area contributed by atoms with Crippen molar-refractivity contribution in [2.45, 2.75) is 6.18 Å². The summed E-state index contributed by atoms with van der Waals surface area (Å²) in [6.07, 6.45) is -3.44. The predicted octanol–water partition coefficient (Wildman–Crippen LogP) is 6.96. The van der Waals surface area contributed by atoms with E-state index in [1.165, 1.54) is 50.8 Å². The molecule has 35 heavy (non-hydrogen) atoms. The summed E-state index contributed by atoms with van der Waals surface area (Å²) in [5, 5.41) is 4.41. The molecule has 0 amide bonds. The maximum absolute atomic E-state index is 13.7. The third kappa shape index (κ3) is 5.08. The number of thiazole rings is 1. The summed E-state index contributed by atoms with van der Waals surface area (Å²) in [6.45, 7) is 0. The number of alkyl halides is 3. The van der Waals surface area contributed by atoms with Gasteiger partial charge in [0.05, 0.1) is 25.4 Å². The highest BCUT2D eigenvalue weighted by Crippen LogP contribution is 2.44. The monoisotopic (exact) mass is 520 g/mol. The van der Waals surface area contributed by atoms with Gasteiger partial charge in [-0.3, -0.25) is 0 Å². The minimum Gasteiger partial charge on any atom is -0.503 e. The molecule has 0 aliphatic rings. The normalized spacial score (nSPS) is 12.0. The van der Waals surface area contributed by atoms with Crippen molar-refractivity contribution < 1.29 is 32.0 Å². The van der Waals surface area contributed by atoms with Crippen LogP contribution in [0.4, 0.5) is 13.2 Å². The molecule has 0 fully saturated rings. The standard InChI is InChI=1S/C24H16ClF3N2O4S/c1-32-12-17(23(31)33-2)15-5-3-4-6-16(15)18-11-19(34-30-18)22-29-21(24(26,27)28)20(35-22)13-7-9-14(25)10-8-13/h3-12H,1-2H3. The third-order valence-corrected chi connectivity index (χ3v) is 6.23. The van der Waals surface area contributed by atoms with Crippen molar-refractivity contribution in [3.05, 3.63) is 77.1 Å². The van der Waals surface area contributed by atoms with Gasteiger partial charge in [-0.05, 0) is 17.7 Å². The summed E-state index contributed by atoms with van der Waals surface area (Å²) in [5.41, 5.74) is 0.643. The number of benzene rings is 2. The molecule has 2 heterocycles. The Morgan fingerprint density at radius 1 is 1.11 bits per heavy atom. The van der Waals surface area contributed by atoms with E-state index in [4.69, 9.17) is 25.6 Å². The predicted molar refractivity (Wildman–Crippen MR) is 125 cm³/mol. The van der Waals surface area contributed by atoms with Crippen LogP contribution in [-0.2, 0) is 20.4 Å². The molecule has 0 saturated carbocycles. The first-order valence-corrected chi connectivity index (χ1v) is 11.1. The van der Waals surface area contributed by atoms with Crippen molar-refractivity contribution in [2.24, 2.45) is 0 Å². The number of nitrogens with zero attached hydrogens (tertiary/aromatic N) is 2. The van der Waals surface area contributed by atoms with Crippen LogP contribution >= 0.6 is 22.9 Å². The van der Waals surface area contributed by atoms with E-state index in [-0.39, 0.29) is 21.2 Å². The molecule has 180 valence electrons. The fraction of sp³-hybridized carbons (Fsp3) is 0.125. The Labute approximate surface area is 206 Å². The molecule has 0 atom stereocenters. The van der Waals surface area contributed by atoms with Gasteiger partial charge < -0.3 is 14.0 Å². The van der Waals surface area contributed by atoms with Gasteiger partial charge in [0.15, 0.2) is 16.5 Å². The van der Waals surface area contributed by atoms with Gasteiger partial charge in [-0.1, -0.05) is 53.2 Å². The number of hydrogen-bond acceptors (Lipinski definition) is 7. The molecule has 11 heteroatoms. The van der Waals surface area contributed by atoms with Crippen LogP contribution in [0.5, 0.6) is 0 Å². The molecule has 0 saturated heterocycles. The van der Waals surface area contributed by atoms with Crippen LogP contribution in [0.15, 0.2) is 65.4 Å². The van der Waals surface area contributed by atoms with E-state index in [0.29, 0.717) is 27.4 Å². The average Bonchev–Trinajstić information content (AvgIpc) is 3.50. The number of hydrogen-bond donors (Lipinski definition) is 0. The van der Waals surface area contributed by atoms with Crippen LogP contribution in [0.3, 0.4) is 0 Å². The van der Waals surface area contributed by atoms with Gasteiger partial charge in [0.2, 0.25) is 0 Å². The maximum Gasteiger partial charge on any atom is 0.434 e. The van der Waals surface area contributed by atoms with Crippen LogP contribution in [0.1, 0.15) is 11.3 Å². The quantitative estimate of drug-likeness (QED) is 0.155. The van der Waals surface area contributed by atoms with Crippen molar-refractivity contribution in [3.63, 3.8) is 0 Å². The summed E-state index contributed by atoms with van der Waals surface area (Å²) < 4.78 is 56.4. The largest absolute Gasteiger partial charge is 0.503 e. The zero-order valence-electron chi connectivity index (χ0n) is 18.2. The van der Waals surface area contributed by atoms with Crippen molar-refractivity contribution >= 4 is 34.5 Å². The number of ether oxygens (including phenoxy) is 2. The molecule has 0 N–H and O–H groups in total. The Morgan fingerprint density at radius 2 is 1.83 bits per heavy atom. The van der Waals surface area contributed by atoms with Crippen LogP contribution in [-0.4, -0.2) is 30.3 Å². The smallest absolute Gasteiger partial charge is 0.434 e. The second kappa shape index (κ2) is 9.93. The Balaban J connectivity index is 1.79. The number of methoxy groups -OCH3 is 2. The highest BCUT2D eigenvalue weighted by molar-refractivity contribution is 7.18. The number of rotatable bonds is 6. The fourth-order valence-corrected chi connectivity index (χ4v) is 4.47. The second-order valence-electron chi connectivity index (χ2n) is 7.08. The maximum atomic E-state index is 13.7. The average molecular weight is 521 g/mol. The van der Waals surface area contributed by atoms with Gasteiger partial charge in [-0.15, -0.1) is 11.3 Å². The molecule has 0 aliphatic heterocycles. The molecule has 0 spiro atoms. The Hall–Kier alpha value is -3.63. The molecular weight excluding hydrogens is 505 g/mol. The molecule has 0 bridgehead atoms. The number of carbonyl (C=O) groups is 1. The second-order valence-corrected chi connectivity index (χ2v) is 8.52. The summed E-state index contributed by atoms with van der Waals surface area (Å²) in [5.74, 6) is -0.591. The Bertz CT molecular complexity index is 1390. The highest BCUT2D eigenvalue weighted by atomic mass is 35.5. The molecule has 0 aliphatic carbocycles. The highest BCUT2D eigenvalue weighted by Gasteiger charge is 2.38. The van der Waals surface area contributed by atoms with E-state index < -0.39 is 17.8 Å². The van der Waals surface area contributed by atoms with Crippen LogP contribution < -0.4 is 0 Å². The molecule has 2 aromatic carbocycles. The third-order valence-electron chi connectivity index (χ3n) is 4.86. The first-order valence-electron chi connectivity index (χ1n) is 9.95. The fourth-order valence-electron chi connectivity index (χ4n) is 3.31. The number of carbonyl (C=O) groups excluding carboxylic acids is 1.